The smallest absolute Gasteiger partial charge is 0.407 e. The average Bonchev–Trinajstić information content (AvgIpc) is 3.20. The molecule has 7 nitrogen and oxygen atoms in total. The number of ether oxygens (including phenoxy) is 1. The van der Waals surface area contributed by atoms with Crippen molar-refractivity contribution in [1.82, 2.24) is 10.3 Å². The molecule has 178 valence electrons. The van der Waals surface area contributed by atoms with Crippen LogP contribution in [0.4, 0.5) is 4.79 Å². The molecule has 1 aliphatic rings. The van der Waals surface area contributed by atoms with Gasteiger partial charge in [-0.15, -0.1) is 0 Å². The van der Waals surface area contributed by atoms with Crippen LogP contribution in [0.15, 0.2) is 83.8 Å². The number of H-pyrrole nitrogens is 1. The van der Waals surface area contributed by atoms with Gasteiger partial charge in [-0.25, -0.2) is 4.79 Å². The highest BCUT2D eigenvalue weighted by Crippen LogP contribution is 2.44. The Kier molecular flexibility index (Phi) is 6.35. The monoisotopic (exact) mass is 470 g/mol. The fraction of sp³-hybridized carbons (Fsp3) is 0.214. The number of hydrogen-bond acceptors (Lipinski definition) is 5. The lowest BCUT2D eigenvalue weighted by atomic mass is 9.98. The molecule has 4 N–H and O–H groups in total. The highest BCUT2D eigenvalue weighted by Gasteiger charge is 2.29. The van der Waals surface area contributed by atoms with E-state index in [0.29, 0.717) is 10.9 Å². The maximum atomic E-state index is 12.3. The van der Waals surface area contributed by atoms with Gasteiger partial charge in [-0.1, -0.05) is 60.7 Å². The molecule has 0 radical (unpaired) electrons. The summed E-state index contributed by atoms with van der Waals surface area (Å²) in [4.78, 5) is 26.5. The molecule has 3 aromatic carbocycles. The van der Waals surface area contributed by atoms with Crippen molar-refractivity contribution < 1.29 is 19.7 Å². The van der Waals surface area contributed by atoms with Crippen molar-refractivity contribution >= 4 is 16.9 Å². The molecule has 0 saturated carbocycles. The molecule has 1 heterocycles. The minimum absolute atomic E-state index is 0.0271. The Hall–Kier alpha value is -3.94. The Bertz CT molecular complexity index is 1380. The summed E-state index contributed by atoms with van der Waals surface area (Å²) < 4.78 is 5.50. The van der Waals surface area contributed by atoms with Crippen LogP contribution < -0.4 is 10.9 Å². The quantitative estimate of drug-likeness (QED) is 0.328. The molecule has 1 amide bonds. The number of benzene rings is 3. The third kappa shape index (κ3) is 4.69. The maximum absolute atomic E-state index is 12.3. The highest BCUT2D eigenvalue weighted by atomic mass is 16.5. The molecule has 2 atom stereocenters. The predicted octanol–water partition coefficient (Wildman–Crippen LogP) is 3.85. The number of aromatic nitrogens is 1. The highest BCUT2D eigenvalue weighted by molar-refractivity contribution is 5.82. The van der Waals surface area contributed by atoms with Gasteiger partial charge in [0.25, 0.3) is 0 Å². The van der Waals surface area contributed by atoms with E-state index >= 15 is 0 Å². The van der Waals surface area contributed by atoms with Gasteiger partial charge in [-0.3, -0.25) is 4.79 Å². The zero-order chi connectivity index (χ0) is 24.4. The van der Waals surface area contributed by atoms with Gasteiger partial charge in [-0.05, 0) is 51.1 Å². The second-order valence-electron chi connectivity index (χ2n) is 8.74. The number of rotatable bonds is 7. The summed E-state index contributed by atoms with van der Waals surface area (Å²) >= 11 is 0. The molecule has 0 bridgehead atoms. The van der Waals surface area contributed by atoms with Crippen molar-refractivity contribution in [2.24, 2.45) is 0 Å². The van der Waals surface area contributed by atoms with Gasteiger partial charge in [0.1, 0.15) is 12.7 Å². The van der Waals surface area contributed by atoms with E-state index in [0.717, 1.165) is 27.6 Å². The minimum Gasteiger partial charge on any atom is -0.449 e. The number of nitrogens with one attached hydrogen (secondary N) is 2. The van der Waals surface area contributed by atoms with Crippen LogP contribution in [0.3, 0.4) is 0 Å². The molecule has 1 aliphatic carbocycles. The number of pyridine rings is 1. The van der Waals surface area contributed by atoms with E-state index in [9.17, 15) is 19.8 Å². The zero-order valence-corrected chi connectivity index (χ0v) is 19.0. The zero-order valence-electron chi connectivity index (χ0n) is 19.0. The van der Waals surface area contributed by atoms with Crippen molar-refractivity contribution in [3.8, 4) is 11.1 Å². The van der Waals surface area contributed by atoms with E-state index in [4.69, 9.17) is 4.74 Å². The summed E-state index contributed by atoms with van der Waals surface area (Å²) in [6.07, 6.45) is -1.08. The summed E-state index contributed by atoms with van der Waals surface area (Å²) in [5, 5.41) is 25.1. The van der Waals surface area contributed by atoms with Crippen LogP contribution in [0, 0.1) is 0 Å². The number of hydrogen-bond donors (Lipinski definition) is 4. The molecule has 0 fully saturated rings. The number of aromatic amines is 1. The van der Waals surface area contributed by atoms with Crippen molar-refractivity contribution in [3.05, 3.63) is 106 Å². The van der Waals surface area contributed by atoms with Gasteiger partial charge in [-0.2, -0.15) is 0 Å². The number of amides is 1. The second-order valence-corrected chi connectivity index (χ2v) is 8.74. The van der Waals surface area contributed by atoms with Gasteiger partial charge in [0.15, 0.2) is 0 Å². The fourth-order valence-corrected chi connectivity index (χ4v) is 4.72. The predicted molar refractivity (Wildman–Crippen MR) is 133 cm³/mol. The SMILES string of the molecule is O=C(NCCC(O)C(O)c1ccc2c[nH]c(=O)cc2c1)OCC1c2ccccc2-c2ccccc21. The van der Waals surface area contributed by atoms with Crippen LogP contribution in [0.1, 0.15) is 35.1 Å². The molecular weight excluding hydrogens is 444 g/mol. The Morgan fingerprint density at radius 3 is 2.34 bits per heavy atom. The van der Waals surface area contributed by atoms with Crippen LogP contribution in [0.25, 0.3) is 21.9 Å². The lowest BCUT2D eigenvalue weighted by Crippen LogP contribution is -2.30. The van der Waals surface area contributed by atoms with Gasteiger partial charge >= 0.3 is 6.09 Å². The summed E-state index contributed by atoms with van der Waals surface area (Å²) in [6.45, 7) is 0.351. The second kappa shape index (κ2) is 9.74. The van der Waals surface area contributed by atoms with Crippen LogP contribution >= 0.6 is 0 Å². The fourth-order valence-electron chi connectivity index (χ4n) is 4.72. The van der Waals surface area contributed by atoms with Gasteiger partial charge in [0.05, 0.1) is 6.10 Å². The molecule has 4 aromatic rings. The van der Waals surface area contributed by atoms with E-state index in [2.05, 4.69) is 34.6 Å². The first-order valence-corrected chi connectivity index (χ1v) is 11.6. The van der Waals surface area contributed by atoms with Crippen LogP contribution in [0.2, 0.25) is 0 Å². The first-order valence-electron chi connectivity index (χ1n) is 11.6. The summed E-state index contributed by atoms with van der Waals surface area (Å²) in [6, 6.07) is 22.8. The van der Waals surface area contributed by atoms with Crippen molar-refractivity contribution in [1.29, 1.82) is 0 Å². The topological polar surface area (TPSA) is 112 Å². The van der Waals surface area contributed by atoms with Crippen molar-refractivity contribution in [2.75, 3.05) is 13.2 Å². The standard InChI is InChI=1S/C28H26N2O5/c31-25(27(33)17-9-10-18-15-30-26(32)14-19(18)13-17)11-12-29-28(34)35-16-24-22-7-3-1-5-20(22)21-6-2-4-8-23(21)24/h1-10,13-15,24-25,27,31,33H,11-12,16H2,(H,29,34)(H,30,32). The van der Waals surface area contributed by atoms with E-state index in [1.807, 2.05) is 24.3 Å². The van der Waals surface area contributed by atoms with E-state index in [-0.39, 0.29) is 31.0 Å². The molecule has 5 rings (SSSR count). The maximum Gasteiger partial charge on any atom is 0.407 e. The minimum atomic E-state index is -1.15. The van der Waals surface area contributed by atoms with Crippen LogP contribution in [0.5, 0.6) is 0 Å². The molecule has 0 saturated heterocycles. The number of aliphatic hydroxyl groups excluding tert-OH is 2. The summed E-state index contributed by atoms with van der Waals surface area (Å²) in [7, 11) is 0. The Morgan fingerprint density at radius 2 is 1.63 bits per heavy atom. The largest absolute Gasteiger partial charge is 0.449 e. The molecule has 1 aromatic heterocycles. The van der Waals surface area contributed by atoms with Crippen LogP contribution in [-0.4, -0.2) is 40.5 Å². The number of carbonyl (C=O) groups is 1. The number of aliphatic hydroxyl groups is 2. The Morgan fingerprint density at radius 1 is 0.943 bits per heavy atom. The van der Waals surface area contributed by atoms with Gasteiger partial charge in [0.2, 0.25) is 5.56 Å². The van der Waals surface area contributed by atoms with Gasteiger partial charge < -0.3 is 25.3 Å². The van der Waals surface area contributed by atoms with E-state index in [1.165, 1.54) is 6.07 Å². The van der Waals surface area contributed by atoms with Crippen LogP contribution in [-0.2, 0) is 4.74 Å². The molecule has 2 unspecified atom stereocenters. The Balaban J connectivity index is 1.14. The third-order valence-electron chi connectivity index (χ3n) is 6.53. The van der Waals surface area contributed by atoms with Crippen molar-refractivity contribution in [3.63, 3.8) is 0 Å². The molecular formula is C28H26N2O5. The van der Waals surface area contributed by atoms with Crippen molar-refractivity contribution in [2.45, 2.75) is 24.5 Å². The molecule has 0 spiro atoms. The first kappa shape index (κ1) is 22.8. The summed E-state index contributed by atoms with van der Waals surface area (Å²) in [5.41, 5.74) is 4.85. The number of fused-ring (bicyclic) bond motifs is 4. The number of carbonyl (C=O) groups excluding carboxylic acids is 1. The average molecular weight is 471 g/mol. The van der Waals surface area contributed by atoms with Gasteiger partial charge in [0, 0.05) is 24.7 Å². The van der Waals surface area contributed by atoms with E-state index in [1.54, 1.807) is 24.4 Å². The Labute approximate surface area is 202 Å². The third-order valence-corrected chi connectivity index (χ3v) is 6.53. The molecule has 35 heavy (non-hydrogen) atoms. The summed E-state index contributed by atoms with van der Waals surface area (Å²) in [5.74, 6) is -0.0271. The molecule has 0 aliphatic heterocycles. The normalized spacial score (nSPS) is 14.2. The lowest BCUT2D eigenvalue weighted by Gasteiger charge is -2.19. The molecule has 7 heteroatoms. The lowest BCUT2D eigenvalue weighted by molar-refractivity contribution is 0.0137. The van der Waals surface area contributed by atoms with E-state index < -0.39 is 18.3 Å². The number of alkyl carbamates (subject to hydrolysis) is 1. The first-order chi connectivity index (χ1) is 17.0.